The van der Waals surface area contributed by atoms with Gasteiger partial charge in [0.2, 0.25) is 0 Å². The molecule has 0 aliphatic rings. The van der Waals surface area contributed by atoms with Gasteiger partial charge in [-0.05, 0) is 44.6 Å². The summed E-state index contributed by atoms with van der Waals surface area (Å²) >= 11 is 7.68. The fourth-order valence-electron chi connectivity index (χ4n) is 1.67. The lowest BCUT2D eigenvalue weighted by Crippen LogP contribution is -2.08. The van der Waals surface area contributed by atoms with Crippen molar-refractivity contribution in [2.24, 2.45) is 0 Å². The van der Waals surface area contributed by atoms with Crippen molar-refractivity contribution in [1.82, 2.24) is 15.5 Å². The summed E-state index contributed by atoms with van der Waals surface area (Å²) in [6.07, 6.45) is 2.07. The van der Waals surface area contributed by atoms with Crippen molar-refractivity contribution in [2.75, 3.05) is 13.6 Å². The number of aryl methyl sites for hydroxylation is 2. The van der Waals surface area contributed by atoms with E-state index in [-0.39, 0.29) is 0 Å². The molecule has 5 heteroatoms. The number of hydrogen-bond donors (Lipinski definition) is 1. The van der Waals surface area contributed by atoms with Crippen molar-refractivity contribution in [3.8, 4) is 10.6 Å². The van der Waals surface area contributed by atoms with Gasteiger partial charge in [0, 0.05) is 17.0 Å². The number of nitrogens with one attached hydrogen (secondary N) is 1. The Bertz CT molecular complexity index is 525. The Morgan fingerprint density at radius 3 is 2.89 bits per heavy atom. The average molecular weight is 282 g/mol. The highest BCUT2D eigenvalue weighted by atomic mass is 35.5. The summed E-state index contributed by atoms with van der Waals surface area (Å²) in [6, 6.07) is 5.96. The minimum absolute atomic E-state index is 0.789. The summed E-state index contributed by atoms with van der Waals surface area (Å²) < 4.78 is 0. The molecule has 0 bridgehead atoms. The lowest BCUT2D eigenvalue weighted by Gasteiger charge is -1.99. The smallest absolute Gasteiger partial charge is 0.147 e. The fraction of sp³-hybridized carbons (Fsp3) is 0.385. The molecule has 0 saturated carbocycles. The summed E-state index contributed by atoms with van der Waals surface area (Å²) in [6.45, 7) is 3.01. The van der Waals surface area contributed by atoms with Crippen LogP contribution in [0.2, 0.25) is 5.02 Å². The van der Waals surface area contributed by atoms with E-state index in [0.29, 0.717) is 0 Å². The van der Waals surface area contributed by atoms with Crippen LogP contribution in [0, 0.1) is 6.92 Å². The molecule has 0 aliphatic carbocycles. The third kappa shape index (κ3) is 3.28. The van der Waals surface area contributed by atoms with Crippen molar-refractivity contribution in [3.63, 3.8) is 0 Å². The molecule has 3 nitrogen and oxygen atoms in total. The van der Waals surface area contributed by atoms with E-state index in [1.165, 1.54) is 0 Å². The first kappa shape index (κ1) is 13.5. The van der Waals surface area contributed by atoms with Crippen LogP contribution in [0.15, 0.2) is 18.2 Å². The van der Waals surface area contributed by atoms with Gasteiger partial charge in [0.25, 0.3) is 0 Å². The second kappa shape index (κ2) is 6.27. The van der Waals surface area contributed by atoms with Gasteiger partial charge in [0.15, 0.2) is 0 Å². The van der Waals surface area contributed by atoms with Crippen LogP contribution in [0.4, 0.5) is 0 Å². The van der Waals surface area contributed by atoms with Crippen LogP contribution in [-0.2, 0) is 6.42 Å². The molecule has 1 N–H and O–H groups in total. The average Bonchev–Trinajstić information content (AvgIpc) is 2.82. The maximum Gasteiger partial charge on any atom is 0.147 e. The van der Waals surface area contributed by atoms with E-state index in [4.69, 9.17) is 11.6 Å². The van der Waals surface area contributed by atoms with Gasteiger partial charge >= 0.3 is 0 Å². The van der Waals surface area contributed by atoms with Crippen molar-refractivity contribution >= 4 is 22.9 Å². The largest absolute Gasteiger partial charge is 0.320 e. The standard InChI is InChI=1S/C13H16ClN3S/c1-9-8-10(5-6-11(9)14)13-17-16-12(18-13)4-3-7-15-2/h5-6,8,15H,3-4,7H2,1-2H3. The zero-order valence-electron chi connectivity index (χ0n) is 10.5. The molecular weight excluding hydrogens is 266 g/mol. The van der Waals surface area contributed by atoms with Crippen LogP contribution in [0.25, 0.3) is 10.6 Å². The molecule has 0 radical (unpaired) electrons. The molecule has 0 fully saturated rings. The molecule has 1 aromatic carbocycles. The van der Waals surface area contributed by atoms with Crippen molar-refractivity contribution in [1.29, 1.82) is 0 Å². The van der Waals surface area contributed by atoms with Gasteiger partial charge in [0.1, 0.15) is 10.0 Å². The van der Waals surface area contributed by atoms with E-state index in [0.717, 1.165) is 45.6 Å². The lowest BCUT2D eigenvalue weighted by atomic mass is 10.1. The van der Waals surface area contributed by atoms with E-state index in [1.807, 2.05) is 26.1 Å². The highest BCUT2D eigenvalue weighted by molar-refractivity contribution is 7.14. The molecule has 18 heavy (non-hydrogen) atoms. The number of halogens is 1. The lowest BCUT2D eigenvalue weighted by molar-refractivity contribution is 0.718. The monoisotopic (exact) mass is 281 g/mol. The first-order chi connectivity index (χ1) is 8.70. The van der Waals surface area contributed by atoms with Crippen LogP contribution < -0.4 is 5.32 Å². The minimum Gasteiger partial charge on any atom is -0.320 e. The van der Waals surface area contributed by atoms with Gasteiger partial charge in [-0.2, -0.15) is 0 Å². The number of rotatable bonds is 5. The number of hydrogen-bond acceptors (Lipinski definition) is 4. The number of aromatic nitrogens is 2. The Morgan fingerprint density at radius 2 is 2.17 bits per heavy atom. The maximum absolute atomic E-state index is 6.02. The zero-order chi connectivity index (χ0) is 13.0. The predicted octanol–water partition coefficient (Wildman–Crippen LogP) is 3.32. The Balaban J connectivity index is 2.11. The van der Waals surface area contributed by atoms with Crippen molar-refractivity contribution < 1.29 is 0 Å². The Labute approximate surface area is 116 Å². The van der Waals surface area contributed by atoms with E-state index in [2.05, 4.69) is 21.6 Å². The van der Waals surface area contributed by atoms with Crippen LogP contribution in [-0.4, -0.2) is 23.8 Å². The van der Waals surface area contributed by atoms with Crippen molar-refractivity contribution in [2.45, 2.75) is 19.8 Å². The second-order valence-electron chi connectivity index (χ2n) is 4.17. The normalized spacial score (nSPS) is 10.8. The van der Waals surface area contributed by atoms with E-state index < -0.39 is 0 Å². The SMILES string of the molecule is CNCCCc1nnc(-c2ccc(Cl)c(C)c2)s1. The molecule has 2 rings (SSSR count). The summed E-state index contributed by atoms with van der Waals surface area (Å²) in [7, 11) is 1.96. The van der Waals surface area contributed by atoms with Crippen LogP contribution in [0.3, 0.4) is 0 Å². The summed E-state index contributed by atoms with van der Waals surface area (Å²) in [5, 5.41) is 14.4. The second-order valence-corrected chi connectivity index (χ2v) is 5.64. The zero-order valence-corrected chi connectivity index (χ0v) is 12.1. The van der Waals surface area contributed by atoms with Crippen LogP contribution >= 0.6 is 22.9 Å². The molecule has 1 aromatic heterocycles. The van der Waals surface area contributed by atoms with Crippen molar-refractivity contribution in [3.05, 3.63) is 33.8 Å². The molecule has 1 heterocycles. The fourth-order valence-corrected chi connectivity index (χ4v) is 2.66. The third-order valence-corrected chi connectivity index (χ3v) is 4.15. The Hall–Kier alpha value is -0.970. The van der Waals surface area contributed by atoms with Gasteiger partial charge in [-0.3, -0.25) is 0 Å². The minimum atomic E-state index is 0.789. The third-order valence-electron chi connectivity index (χ3n) is 2.69. The number of benzene rings is 1. The molecule has 0 unspecified atom stereocenters. The quantitative estimate of drug-likeness (QED) is 0.855. The Kier molecular flexibility index (Phi) is 4.69. The Morgan fingerprint density at radius 1 is 1.33 bits per heavy atom. The highest BCUT2D eigenvalue weighted by Gasteiger charge is 2.07. The van der Waals surface area contributed by atoms with Crippen LogP contribution in [0.5, 0.6) is 0 Å². The first-order valence-electron chi connectivity index (χ1n) is 5.94. The molecular formula is C13H16ClN3S. The molecule has 0 atom stereocenters. The van der Waals surface area contributed by atoms with Gasteiger partial charge < -0.3 is 5.32 Å². The predicted molar refractivity (Wildman–Crippen MR) is 77.3 cm³/mol. The van der Waals surface area contributed by atoms with E-state index >= 15 is 0 Å². The van der Waals surface area contributed by atoms with E-state index in [1.54, 1.807) is 11.3 Å². The molecule has 0 saturated heterocycles. The van der Waals surface area contributed by atoms with Gasteiger partial charge in [-0.15, -0.1) is 10.2 Å². The van der Waals surface area contributed by atoms with Crippen LogP contribution in [0.1, 0.15) is 17.0 Å². The maximum atomic E-state index is 6.02. The molecule has 0 aliphatic heterocycles. The van der Waals surface area contributed by atoms with Gasteiger partial charge in [-0.1, -0.05) is 29.0 Å². The first-order valence-corrected chi connectivity index (χ1v) is 7.13. The highest BCUT2D eigenvalue weighted by Crippen LogP contribution is 2.27. The molecule has 0 spiro atoms. The molecule has 96 valence electrons. The van der Waals surface area contributed by atoms with E-state index in [9.17, 15) is 0 Å². The van der Waals surface area contributed by atoms with Gasteiger partial charge in [-0.25, -0.2) is 0 Å². The molecule has 2 aromatic rings. The van der Waals surface area contributed by atoms with Gasteiger partial charge in [0.05, 0.1) is 0 Å². The number of nitrogens with zero attached hydrogens (tertiary/aromatic N) is 2. The topological polar surface area (TPSA) is 37.8 Å². The summed E-state index contributed by atoms with van der Waals surface area (Å²) in [4.78, 5) is 0. The molecule has 0 amide bonds. The summed E-state index contributed by atoms with van der Waals surface area (Å²) in [5.41, 5.74) is 2.16. The summed E-state index contributed by atoms with van der Waals surface area (Å²) in [5.74, 6) is 0.